The van der Waals surface area contributed by atoms with Gasteiger partial charge < -0.3 is 5.11 Å². The molecule has 0 saturated carbocycles. The molecule has 0 radical (unpaired) electrons. The molecule has 2 nitrogen and oxygen atoms in total. The number of hydrogen-bond acceptors (Lipinski definition) is 1. The van der Waals surface area contributed by atoms with Crippen LogP contribution in [0.15, 0.2) is 30.3 Å². The maximum atomic E-state index is 13.3. The highest BCUT2D eigenvalue weighted by atomic mass is 19.1. The van der Waals surface area contributed by atoms with Crippen molar-refractivity contribution in [3.8, 4) is 0 Å². The Morgan fingerprint density at radius 2 is 1.93 bits per heavy atom. The minimum atomic E-state index is -1.46. The molecule has 76 valence electrons. The molecule has 1 N–H and O–H groups in total. The Bertz CT molecular complexity index is 321. The highest BCUT2D eigenvalue weighted by molar-refractivity contribution is 5.81. The third-order valence-electron chi connectivity index (χ3n) is 2.61. The number of rotatable bonds is 3. The maximum absolute atomic E-state index is 13.3. The van der Waals surface area contributed by atoms with Crippen LogP contribution in [-0.2, 0) is 10.2 Å². The van der Waals surface area contributed by atoms with Gasteiger partial charge in [0.05, 0.1) is 0 Å². The van der Waals surface area contributed by atoms with E-state index in [-0.39, 0.29) is 0 Å². The molecule has 0 aliphatic heterocycles. The summed E-state index contributed by atoms with van der Waals surface area (Å²) >= 11 is 0. The summed E-state index contributed by atoms with van der Waals surface area (Å²) in [4.78, 5) is 11.0. The Balaban J connectivity index is 3.20. The summed E-state index contributed by atoms with van der Waals surface area (Å²) in [7, 11) is 0. The summed E-state index contributed by atoms with van der Waals surface area (Å²) in [6, 6.07) is 8.45. The predicted molar refractivity (Wildman–Crippen MR) is 52.0 cm³/mol. The van der Waals surface area contributed by atoms with Crippen molar-refractivity contribution in [1.29, 1.82) is 0 Å². The fourth-order valence-corrected chi connectivity index (χ4v) is 1.31. The van der Waals surface area contributed by atoms with Crippen LogP contribution < -0.4 is 0 Å². The van der Waals surface area contributed by atoms with Crippen LogP contribution in [0.3, 0.4) is 0 Å². The first-order valence-corrected chi connectivity index (χ1v) is 4.42. The zero-order valence-corrected chi connectivity index (χ0v) is 8.20. The molecule has 1 aromatic rings. The van der Waals surface area contributed by atoms with Gasteiger partial charge in [0, 0.05) is 0 Å². The van der Waals surface area contributed by atoms with Crippen LogP contribution in [0.5, 0.6) is 0 Å². The summed E-state index contributed by atoms with van der Waals surface area (Å²) in [6.45, 7) is 2.66. The Morgan fingerprint density at radius 3 is 2.29 bits per heavy atom. The van der Waals surface area contributed by atoms with E-state index in [1.54, 1.807) is 30.3 Å². The van der Waals surface area contributed by atoms with Crippen molar-refractivity contribution >= 4 is 5.97 Å². The summed E-state index contributed by atoms with van der Waals surface area (Å²) < 4.78 is 13.3. The molecular weight excluding hydrogens is 183 g/mol. The largest absolute Gasteiger partial charge is 0.481 e. The first kappa shape index (κ1) is 10.7. The number of carboxylic acid groups (broad SMARTS) is 1. The van der Waals surface area contributed by atoms with Crippen molar-refractivity contribution in [3.63, 3.8) is 0 Å². The zero-order valence-electron chi connectivity index (χ0n) is 8.20. The SMILES string of the molecule is CC(F)C(C)(C(=O)O)c1ccccc1. The lowest BCUT2D eigenvalue weighted by molar-refractivity contribution is -0.145. The van der Waals surface area contributed by atoms with E-state index in [0.29, 0.717) is 5.56 Å². The molecule has 0 heterocycles. The van der Waals surface area contributed by atoms with Gasteiger partial charge in [-0.1, -0.05) is 30.3 Å². The number of halogens is 1. The van der Waals surface area contributed by atoms with Gasteiger partial charge in [-0.2, -0.15) is 0 Å². The molecule has 14 heavy (non-hydrogen) atoms. The lowest BCUT2D eigenvalue weighted by Gasteiger charge is -2.26. The van der Waals surface area contributed by atoms with Crippen LogP contribution in [0.4, 0.5) is 4.39 Å². The first-order valence-electron chi connectivity index (χ1n) is 4.42. The van der Waals surface area contributed by atoms with Crippen LogP contribution in [-0.4, -0.2) is 17.2 Å². The van der Waals surface area contributed by atoms with Gasteiger partial charge in [-0.05, 0) is 19.4 Å². The van der Waals surface area contributed by atoms with Crippen molar-refractivity contribution in [3.05, 3.63) is 35.9 Å². The number of hydrogen-bond donors (Lipinski definition) is 1. The van der Waals surface area contributed by atoms with Gasteiger partial charge in [0.2, 0.25) is 0 Å². The molecule has 0 saturated heterocycles. The number of carboxylic acids is 1. The average molecular weight is 196 g/mol. The second kappa shape index (κ2) is 3.78. The second-order valence-corrected chi connectivity index (χ2v) is 3.49. The van der Waals surface area contributed by atoms with E-state index in [1.807, 2.05) is 0 Å². The Morgan fingerprint density at radius 1 is 1.43 bits per heavy atom. The monoisotopic (exact) mass is 196 g/mol. The molecule has 0 amide bonds. The molecule has 1 aromatic carbocycles. The van der Waals surface area contributed by atoms with Gasteiger partial charge >= 0.3 is 5.97 Å². The van der Waals surface area contributed by atoms with Crippen LogP contribution in [0.2, 0.25) is 0 Å². The van der Waals surface area contributed by atoms with Crippen molar-refractivity contribution in [2.24, 2.45) is 0 Å². The van der Waals surface area contributed by atoms with E-state index in [2.05, 4.69) is 0 Å². The highest BCUT2D eigenvalue weighted by Crippen LogP contribution is 2.29. The third kappa shape index (κ3) is 1.62. The number of alkyl halides is 1. The van der Waals surface area contributed by atoms with E-state index in [1.165, 1.54) is 13.8 Å². The molecule has 2 atom stereocenters. The molecule has 3 heteroatoms. The molecule has 2 unspecified atom stereocenters. The normalized spacial score (nSPS) is 17.1. The standard InChI is InChI=1S/C11H13FO2/c1-8(12)11(2,10(13)14)9-6-4-3-5-7-9/h3-8H,1-2H3,(H,13,14). The number of benzene rings is 1. The lowest BCUT2D eigenvalue weighted by atomic mass is 9.79. The smallest absolute Gasteiger partial charge is 0.316 e. The first-order chi connectivity index (χ1) is 6.49. The molecule has 0 spiro atoms. The second-order valence-electron chi connectivity index (χ2n) is 3.49. The summed E-state index contributed by atoms with van der Waals surface area (Å²) in [5.74, 6) is -1.14. The van der Waals surface area contributed by atoms with E-state index >= 15 is 0 Å². The molecule has 0 aliphatic rings. The van der Waals surface area contributed by atoms with E-state index in [4.69, 9.17) is 5.11 Å². The van der Waals surface area contributed by atoms with Crippen molar-refractivity contribution in [2.45, 2.75) is 25.4 Å². The fraction of sp³-hybridized carbons (Fsp3) is 0.364. The number of aliphatic carboxylic acids is 1. The van der Waals surface area contributed by atoms with Crippen LogP contribution >= 0.6 is 0 Å². The Labute approximate surface area is 82.4 Å². The molecule has 0 aromatic heterocycles. The minimum absolute atomic E-state index is 0.488. The molecular formula is C11H13FO2. The Hall–Kier alpha value is -1.38. The van der Waals surface area contributed by atoms with Gasteiger partial charge in [0.25, 0.3) is 0 Å². The Kier molecular flexibility index (Phi) is 2.89. The lowest BCUT2D eigenvalue weighted by Crippen LogP contribution is -2.40. The minimum Gasteiger partial charge on any atom is -0.481 e. The summed E-state index contributed by atoms with van der Waals surface area (Å²) in [5, 5.41) is 9.02. The highest BCUT2D eigenvalue weighted by Gasteiger charge is 2.41. The summed E-state index contributed by atoms with van der Waals surface area (Å²) in [6.07, 6.45) is -1.43. The quantitative estimate of drug-likeness (QED) is 0.805. The maximum Gasteiger partial charge on any atom is 0.316 e. The van der Waals surface area contributed by atoms with Gasteiger partial charge in [0.15, 0.2) is 0 Å². The number of carbonyl (C=O) groups is 1. The van der Waals surface area contributed by atoms with E-state index in [9.17, 15) is 9.18 Å². The average Bonchev–Trinajstić information content (AvgIpc) is 2.17. The van der Waals surface area contributed by atoms with Crippen molar-refractivity contribution in [1.82, 2.24) is 0 Å². The van der Waals surface area contributed by atoms with E-state index < -0.39 is 17.6 Å². The predicted octanol–water partition coefficient (Wildman–Crippen LogP) is 2.39. The van der Waals surface area contributed by atoms with E-state index in [0.717, 1.165) is 0 Å². The molecule has 0 bridgehead atoms. The topological polar surface area (TPSA) is 37.3 Å². The van der Waals surface area contributed by atoms with Crippen molar-refractivity contribution in [2.75, 3.05) is 0 Å². The fourth-order valence-electron chi connectivity index (χ4n) is 1.31. The molecule has 1 rings (SSSR count). The zero-order chi connectivity index (χ0) is 10.8. The molecule has 0 aliphatic carbocycles. The summed E-state index contributed by atoms with van der Waals surface area (Å²) in [5.41, 5.74) is -0.969. The van der Waals surface area contributed by atoms with Gasteiger partial charge in [-0.3, -0.25) is 4.79 Å². The van der Waals surface area contributed by atoms with Gasteiger partial charge in [-0.15, -0.1) is 0 Å². The van der Waals surface area contributed by atoms with Gasteiger partial charge in [-0.25, -0.2) is 4.39 Å². The van der Waals surface area contributed by atoms with Gasteiger partial charge in [0.1, 0.15) is 11.6 Å². The van der Waals surface area contributed by atoms with Crippen LogP contribution in [0.25, 0.3) is 0 Å². The van der Waals surface area contributed by atoms with Crippen LogP contribution in [0.1, 0.15) is 19.4 Å². The molecule has 0 fully saturated rings. The van der Waals surface area contributed by atoms with Crippen LogP contribution in [0, 0.1) is 0 Å². The third-order valence-corrected chi connectivity index (χ3v) is 2.61. The van der Waals surface area contributed by atoms with Crippen molar-refractivity contribution < 1.29 is 14.3 Å².